The van der Waals surface area contributed by atoms with E-state index in [0.29, 0.717) is 12.2 Å². The number of carbonyl (C=O) groups excluding carboxylic acids is 1. The van der Waals surface area contributed by atoms with Gasteiger partial charge in [0.2, 0.25) is 0 Å². The maximum absolute atomic E-state index is 11.8. The average molecular weight is 240 g/mol. The van der Waals surface area contributed by atoms with Gasteiger partial charge in [-0.3, -0.25) is 4.79 Å². The summed E-state index contributed by atoms with van der Waals surface area (Å²) in [5.74, 6) is 0.352. The normalized spacial score (nSPS) is 13.5. The van der Waals surface area contributed by atoms with Crippen LogP contribution in [0.2, 0.25) is 0 Å². The second kappa shape index (κ2) is 5.31. The number of hydrogen-bond donors (Lipinski definition) is 2. The molecular weight excluding hydrogens is 220 g/mol. The fourth-order valence-electron chi connectivity index (χ4n) is 1.27. The Morgan fingerprint density at radius 3 is 2.65 bits per heavy atom. The first-order valence-corrected chi connectivity index (χ1v) is 5.77. The second-order valence-corrected chi connectivity index (χ2v) is 5.09. The molecule has 0 bridgehead atoms. The maximum Gasteiger partial charge on any atom is 0.273 e. The highest BCUT2D eigenvalue weighted by Gasteiger charge is 2.22. The molecule has 5 nitrogen and oxygen atoms in total. The van der Waals surface area contributed by atoms with Crippen LogP contribution in [0.15, 0.2) is 10.6 Å². The summed E-state index contributed by atoms with van der Waals surface area (Å²) in [5.41, 5.74) is 0.0777. The van der Waals surface area contributed by atoms with Gasteiger partial charge in [0.1, 0.15) is 5.76 Å². The lowest BCUT2D eigenvalue weighted by Gasteiger charge is -2.13. The van der Waals surface area contributed by atoms with Gasteiger partial charge in [-0.1, -0.05) is 32.9 Å². The Balaban J connectivity index is 2.74. The van der Waals surface area contributed by atoms with Crippen LogP contribution < -0.4 is 5.32 Å². The van der Waals surface area contributed by atoms with Gasteiger partial charge in [0.25, 0.3) is 5.91 Å². The standard InChI is InChI=1S/C12H20N2O3/c1-5-8(7-15)13-11(16)9-6-10(17-14-9)12(2,3)4/h6,8,15H,5,7H2,1-4H3,(H,13,16). The summed E-state index contributed by atoms with van der Waals surface area (Å²) in [4.78, 5) is 11.8. The number of aliphatic hydroxyl groups is 1. The van der Waals surface area contributed by atoms with E-state index < -0.39 is 0 Å². The molecule has 0 aliphatic rings. The number of aliphatic hydroxyl groups excluding tert-OH is 1. The smallest absolute Gasteiger partial charge is 0.273 e. The predicted molar refractivity (Wildman–Crippen MR) is 63.8 cm³/mol. The van der Waals surface area contributed by atoms with Gasteiger partial charge < -0.3 is 14.9 Å². The van der Waals surface area contributed by atoms with Gasteiger partial charge in [-0.2, -0.15) is 0 Å². The van der Waals surface area contributed by atoms with E-state index in [4.69, 9.17) is 9.63 Å². The Hall–Kier alpha value is -1.36. The molecule has 1 unspecified atom stereocenters. The van der Waals surface area contributed by atoms with Crippen LogP contribution in [0.3, 0.4) is 0 Å². The minimum atomic E-state index is -0.315. The van der Waals surface area contributed by atoms with E-state index in [1.165, 1.54) is 0 Å². The Labute approximate surface area is 101 Å². The van der Waals surface area contributed by atoms with Gasteiger partial charge in [0, 0.05) is 11.5 Å². The fraction of sp³-hybridized carbons (Fsp3) is 0.667. The van der Waals surface area contributed by atoms with E-state index in [2.05, 4.69) is 10.5 Å². The van der Waals surface area contributed by atoms with Crippen molar-refractivity contribution in [3.63, 3.8) is 0 Å². The van der Waals surface area contributed by atoms with Crippen LogP contribution in [0, 0.1) is 0 Å². The van der Waals surface area contributed by atoms with E-state index >= 15 is 0 Å². The zero-order valence-electron chi connectivity index (χ0n) is 10.8. The van der Waals surface area contributed by atoms with Crippen molar-refractivity contribution in [3.05, 3.63) is 17.5 Å². The molecule has 1 rings (SSSR count). The summed E-state index contributed by atoms with van der Waals surface area (Å²) >= 11 is 0. The van der Waals surface area contributed by atoms with E-state index in [-0.39, 0.29) is 29.7 Å². The van der Waals surface area contributed by atoms with Gasteiger partial charge in [-0.15, -0.1) is 0 Å². The molecule has 0 saturated carbocycles. The highest BCUT2D eigenvalue weighted by atomic mass is 16.5. The van der Waals surface area contributed by atoms with Crippen LogP contribution in [0.25, 0.3) is 0 Å². The van der Waals surface area contributed by atoms with E-state index in [9.17, 15) is 4.79 Å². The largest absolute Gasteiger partial charge is 0.394 e. The molecule has 1 aromatic rings. The van der Waals surface area contributed by atoms with E-state index in [1.54, 1.807) is 6.07 Å². The van der Waals surface area contributed by atoms with Crippen molar-refractivity contribution >= 4 is 5.91 Å². The number of nitrogens with one attached hydrogen (secondary N) is 1. The van der Waals surface area contributed by atoms with Crippen LogP contribution in [-0.4, -0.2) is 28.8 Å². The molecule has 1 heterocycles. The zero-order valence-corrected chi connectivity index (χ0v) is 10.8. The molecule has 1 atom stereocenters. The van der Waals surface area contributed by atoms with Gasteiger partial charge in [0.05, 0.1) is 12.6 Å². The summed E-state index contributed by atoms with van der Waals surface area (Å²) in [7, 11) is 0. The van der Waals surface area contributed by atoms with Crippen molar-refractivity contribution in [1.29, 1.82) is 0 Å². The maximum atomic E-state index is 11.8. The number of aromatic nitrogens is 1. The van der Waals surface area contributed by atoms with Gasteiger partial charge in [-0.05, 0) is 6.42 Å². The van der Waals surface area contributed by atoms with E-state index in [1.807, 2.05) is 27.7 Å². The Bertz CT molecular complexity index is 375. The Morgan fingerprint density at radius 2 is 2.24 bits per heavy atom. The number of nitrogens with zero attached hydrogens (tertiary/aromatic N) is 1. The Morgan fingerprint density at radius 1 is 1.59 bits per heavy atom. The van der Waals surface area contributed by atoms with Crippen molar-refractivity contribution < 1.29 is 14.4 Å². The molecule has 0 aliphatic heterocycles. The number of hydrogen-bond acceptors (Lipinski definition) is 4. The molecule has 0 radical (unpaired) electrons. The summed E-state index contributed by atoms with van der Waals surface area (Å²) in [6.45, 7) is 7.77. The van der Waals surface area contributed by atoms with Crippen molar-refractivity contribution in [3.8, 4) is 0 Å². The summed E-state index contributed by atoms with van der Waals surface area (Å²) in [5, 5.41) is 15.4. The third kappa shape index (κ3) is 3.56. The highest BCUT2D eigenvalue weighted by molar-refractivity contribution is 5.92. The molecule has 1 amide bonds. The monoisotopic (exact) mass is 240 g/mol. The van der Waals surface area contributed by atoms with Crippen LogP contribution in [0.4, 0.5) is 0 Å². The summed E-state index contributed by atoms with van der Waals surface area (Å²) in [6.07, 6.45) is 0.673. The summed E-state index contributed by atoms with van der Waals surface area (Å²) < 4.78 is 5.13. The lowest BCUT2D eigenvalue weighted by atomic mass is 9.93. The first kappa shape index (κ1) is 13.7. The molecule has 5 heteroatoms. The van der Waals surface area contributed by atoms with Crippen LogP contribution >= 0.6 is 0 Å². The fourth-order valence-corrected chi connectivity index (χ4v) is 1.27. The molecule has 96 valence electrons. The topological polar surface area (TPSA) is 75.4 Å². The minimum Gasteiger partial charge on any atom is -0.394 e. The van der Waals surface area contributed by atoms with Gasteiger partial charge in [-0.25, -0.2) is 0 Å². The molecule has 1 aromatic heterocycles. The van der Waals surface area contributed by atoms with Crippen molar-refractivity contribution in [2.75, 3.05) is 6.61 Å². The molecule has 0 aliphatic carbocycles. The molecule has 0 fully saturated rings. The third-order valence-electron chi connectivity index (χ3n) is 2.53. The molecular formula is C12H20N2O3. The quantitative estimate of drug-likeness (QED) is 0.835. The molecule has 0 spiro atoms. The minimum absolute atomic E-state index is 0.0772. The lowest BCUT2D eigenvalue weighted by Crippen LogP contribution is -2.37. The highest BCUT2D eigenvalue weighted by Crippen LogP contribution is 2.22. The SMILES string of the molecule is CCC(CO)NC(=O)c1cc(C(C)(C)C)on1. The molecule has 17 heavy (non-hydrogen) atoms. The van der Waals surface area contributed by atoms with Crippen LogP contribution in [0.5, 0.6) is 0 Å². The Kier molecular flexibility index (Phi) is 4.28. The first-order chi connectivity index (χ1) is 7.88. The first-order valence-electron chi connectivity index (χ1n) is 5.77. The van der Waals surface area contributed by atoms with Gasteiger partial charge in [0.15, 0.2) is 5.69 Å². The number of carbonyl (C=O) groups is 1. The molecule has 2 N–H and O–H groups in total. The predicted octanol–water partition coefficient (Wildman–Crippen LogP) is 1.47. The molecule has 0 aromatic carbocycles. The van der Waals surface area contributed by atoms with Crippen molar-refractivity contribution in [2.24, 2.45) is 0 Å². The van der Waals surface area contributed by atoms with Crippen molar-refractivity contribution in [2.45, 2.75) is 45.6 Å². The lowest BCUT2D eigenvalue weighted by molar-refractivity contribution is 0.0905. The number of rotatable bonds is 4. The van der Waals surface area contributed by atoms with Crippen molar-refractivity contribution in [1.82, 2.24) is 10.5 Å². The van der Waals surface area contributed by atoms with Crippen LogP contribution in [0.1, 0.15) is 50.4 Å². The van der Waals surface area contributed by atoms with E-state index in [0.717, 1.165) is 0 Å². The summed E-state index contributed by atoms with van der Waals surface area (Å²) in [6, 6.07) is 1.40. The zero-order chi connectivity index (χ0) is 13.1. The second-order valence-electron chi connectivity index (χ2n) is 5.09. The third-order valence-corrected chi connectivity index (χ3v) is 2.53. The van der Waals surface area contributed by atoms with Crippen LogP contribution in [-0.2, 0) is 5.41 Å². The number of amides is 1. The molecule has 0 saturated heterocycles. The average Bonchev–Trinajstić information content (AvgIpc) is 2.74. The van der Waals surface area contributed by atoms with Gasteiger partial charge >= 0.3 is 0 Å².